The number of H-pyrrole nitrogens is 1. The van der Waals surface area contributed by atoms with Crippen LogP contribution >= 0.6 is 11.6 Å². The van der Waals surface area contributed by atoms with Crippen molar-refractivity contribution in [2.24, 2.45) is 0 Å². The highest BCUT2D eigenvalue weighted by Crippen LogP contribution is 2.22. The lowest BCUT2D eigenvalue weighted by molar-refractivity contribution is 0.207. The highest BCUT2D eigenvalue weighted by atomic mass is 35.5. The summed E-state index contributed by atoms with van der Waals surface area (Å²) in [6.07, 6.45) is -1.01. The molecule has 5 nitrogen and oxygen atoms in total. The summed E-state index contributed by atoms with van der Waals surface area (Å²) in [5, 5.41) is 17.2. The summed E-state index contributed by atoms with van der Waals surface area (Å²) < 4.78 is 1.31. The van der Waals surface area contributed by atoms with Gasteiger partial charge < -0.3 is 5.11 Å². The van der Waals surface area contributed by atoms with Crippen LogP contribution < -0.4 is 5.69 Å². The Hall–Kier alpha value is -2.37. The number of aromatic amines is 1. The first kappa shape index (κ1) is 13.6. The molecule has 3 aromatic rings. The predicted molar refractivity (Wildman–Crippen MR) is 79.7 cm³/mol. The van der Waals surface area contributed by atoms with E-state index in [-0.39, 0.29) is 5.82 Å². The van der Waals surface area contributed by atoms with Crippen molar-refractivity contribution in [2.45, 2.75) is 6.10 Å². The lowest BCUT2D eigenvalue weighted by Crippen LogP contribution is -2.19. The number of aliphatic hydroxyl groups is 1. The number of halogens is 1. The van der Waals surface area contributed by atoms with E-state index in [1.165, 1.54) is 4.57 Å². The van der Waals surface area contributed by atoms with Crippen LogP contribution in [0.4, 0.5) is 0 Å². The molecule has 106 valence electrons. The van der Waals surface area contributed by atoms with Crippen LogP contribution in [-0.4, -0.2) is 19.9 Å². The van der Waals surface area contributed by atoms with Gasteiger partial charge >= 0.3 is 5.69 Å². The van der Waals surface area contributed by atoms with Crippen LogP contribution in [0.5, 0.6) is 0 Å². The fourth-order valence-electron chi connectivity index (χ4n) is 2.14. The quantitative estimate of drug-likeness (QED) is 0.780. The SMILES string of the molecule is O=c1[nH]nc(C(O)c2ccccc2)n1-c1cccc(Cl)c1. The molecule has 6 heteroatoms. The molecule has 2 aromatic carbocycles. The van der Waals surface area contributed by atoms with E-state index in [1.54, 1.807) is 36.4 Å². The molecule has 0 fully saturated rings. The molecule has 1 atom stereocenters. The molecule has 0 amide bonds. The number of rotatable bonds is 3. The standard InChI is InChI=1S/C15H12ClN3O2/c16-11-7-4-8-12(9-11)19-14(17-18-15(19)21)13(20)10-5-2-1-3-6-10/h1-9,13,20H,(H,18,21). The van der Waals surface area contributed by atoms with Crippen molar-refractivity contribution in [3.05, 3.63) is 81.5 Å². The van der Waals surface area contributed by atoms with E-state index >= 15 is 0 Å². The summed E-state index contributed by atoms with van der Waals surface area (Å²) in [6.45, 7) is 0. The molecule has 1 heterocycles. The second-order valence-electron chi connectivity index (χ2n) is 4.52. The summed E-state index contributed by atoms with van der Waals surface area (Å²) in [7, 11) is 0. The lowest BCUT2D eigenvalue weighted by Gasteiger charge is -2.12. The number of nitrogens with zero attached hydrogens (tertiary/aromatic N) is 2. The van der Waals surface area contributed by atoms with Gasteiger partial charge in [0.25, 0.3) is 0 Å². The molecular weight excluding hydrogens is 290 g/mol. The number of hydrogen-bond acceptors (Lipinski definition) is 3. The minimum absolute atomic E-state index is 0.216. The first-order valence-corrected chi connectivity index (χ1v) is 6.71. The molecule has 0 bridgehead atoms. The highest BCUT2D eigenvalue weighted by Gasteiger charge is 2.20. The normalized spacial score (nSPS) is 12.3. The zero-order chi connectivity index (χ0) is 14.8. The smallest absolute Gasteiger partial charge is 0.348 e. The number of aromatic nitrogens is 3. The summed E-state index contributed by atoms with van der Waals surface area (Å²) in [5.74, 6) is 0.216. The molecule has 2 N–H and O–H groups in total. The van der Waals surface area contributed by atoms with E-state index in [1.807, 2.05) is 18.2 Å². The molecule has 0 aliphatic carbocycles. The zero-order valence-corrected chi connectivity index (χ0v) is 11.7. The Bertz CT molecular complexity index is 811. The minimum Gasteiger partial charge on any atom is -0.380 e. The van der Waals surface area contributed by atoms with E-state index < -0.39 is 11.8 Å². The average Bonchev–Trinajstić information content (AvgIpc) is 2.89. The first-order valence-electron chi connectivity index (χ1n) is 6.33. The van der Waals surface area contributed by atoms with Crippen molar-refractivity contribution in [2.75, 3.05) is 0 Å². The second kappa shape index (κ2) is 5.55. The number of hydrogen-bond donors (Lipinski definition) is 2. The van der Waals surface area contributed by atoms with Gasteiger partial charge in [-0.05, 0) is 23.8 Å². The Morgan fingerprint density at radius 3 is 2.62 bits per heavy atom. The average molecular weight is 302 g/mol. The Morgan fingerprint density at radius 2 is 1.90 bits per heavy atom. The van der Waals surface area contributed by atoms with Crippen LogP contribution in [0.1, 0.15) is 17.5 Å². The van der Waals surface area contributed by atoms with Crippen molar-refractivity contribution in [1.82, 2.24) is 14.8 Å². The lowest BCUT2D eigenvalue weighted by atomic mass is 10.1. The van der Waals surface area contributed by atoms with Crippen LogP contribution in [-0.2, 0) is 0 Å². The Morgan fingerprint density at radius 1 is 1.14 bits per heavy atom. The van der Waals surface area contributed by atoms with Crippen LogP contribution in [0, 0.1) is 0 Å². The monoisotopic (exact) mass is 301 g/mol. The summed E-state index contributed by atoms with van der Waals surface area (Å²) in [4.78, 5) is 12.0. The van der Waals surface area contributed by atoms with Gasteiger partial charge in [-0.25, -0.2) is 14.5 Å². The molecule has 0 aliphatic heterocycles. The first-order chi connectivity index (χ1) is 10.2. The van der Waals surface area contributed by atoms with E-state index in [0.717, 1.165) is 0 Å². The van der Waals surface area contributed by atoms with E-state index in [2.05, 4.69) is 10.2 Å². The van der Waals surface area contributed by atoms with E-state index in [4.69, 9.17) is 11.6 Å². The Kier molecular flexibility index (Phi) is 3.60. The third-order valence-electron chi connectivity index (χ3n) is 3.12. The van der Waals surface area contributed by atoms with Crippen molar-refractivity contribution in [3.63, 3.8) is 0 Å². The molecule has 0 spiro atoms. The summed E-state index contributed by atoms with van der Waals surface area (Å²) >= 11 is 5.95. The number of nitrogens with one attached hydrogen (secondary N) is 1. The molecule has 1 aromatic heterocycles. The Balaban J connectivity index is 2.12. The largest absolute Gasteiger partial charge is 0.380 e. The number of aliphatic hydroxyl groups excluding tert-OH is 1. The minimum atomic E-state index is -1.01. The maximum atomic E-state index is 12.0. The van der Waals surface area contributed by atoms with Crippen molar-refractivity contribution in [3.8, 4) is 5.69 Å². The second-order valence-corrected chi connectivity index (χ2v) is 4.95. The maximum absolute atomic E-state index is 12.0. The number of benzene rings is 2. The van der Waals surface area contributed by atoms with Crippen LogP contribution in [0.25, 0.3) is 5.69 Å². The van der Waals surface area contributed by atoms with Gasteiger partial charge in [0.2, 0.25) is 0 Å². The maximum Gasteiger partial charge on any atom is 0.348 e. The van der Waals surface area contributed by atoms with Crippen LogP contribution in [0.2, 0.25) is 5.02 Å². The fraction of sp³-hybridized carbons (Fsp3) is 0.0667. The fourth-order valence-corrected chi connectivity index (χ4v) is 2.33. The van der Waals surface area contributed by atoms with E-state index in [0.29, 0.717) is 16.3 Å². The highest BCUT2D eigenvalue weighted by molar-refractivity contribution is 6.30. The van der Waals surface area contributed by atoms with Gasteiger partial charge in [-0.1, -0.05) is 48.0 Å². The van der Waals surface area contributed by atoms with Crippen LogP contribution in [0.15, 0.2) is 59.4 Å². The molecule has 0 saturated carbocycles. The Labute approximate surface area is 125 Å². The molecule has 0 radical (unpaired) electrons. The summed E-state index contributed by atoms with van der Waals surface area (Å²) in [5.41, 5.74) is 0.772. The summed E-state index contributed by atoms with van der Waals surface area (Å²) in [6, 6.07) is 15.8. The van der Waals surface area contributed by atoms with Crippen molar-refractivity contribution in [1.29, 1.82) is 0 Å². The van der Waals surface area contributed by atoms with Gasteiger partial charge in [0.1, 0.15) is 6.10 Å². The molecular formula is C15H12ClN3O2. The molecule has 21 heavy (non-hydrogen) atoms. The zero-order valence-electron chi connectivity index (χ0n) is 10.9. The molecule has 3 rings (SSSR count). The van der Waals surface area contributed by atoms with Gasteiger partial charge in [0.15, 0.2) is 5.82 Å². The molecule has 1 unspecified atom stereocenters. The van der Waals surface area contributed by atoms with Crippen molar-refractivity contribution >= 4 is 11.6 Å². The molecule has 0 saturated heterocycles. The van der Waals surface area contributed by atoms with Gasteiger partial charge in [0, 0.05) is 5.02 Å². The van der Waals surface area contributed by atoms with Gasteiger partial charge in [0.05, 0.1) is 5.69 Å². The van der Waals surface area contributed by atoms with Crippen LogP contribution in [0.3, 0.4) is 0 Å². The van der Waals surface area contributed by atoms with E-state index in [9.17, 15) is 9.90 Å². The van der Waals surface area contributed by atoms with Gasteiger partial charge in [-0.3, -0.25) is 0 Å². The van der Waals surface area contributed by atoms with Gasteiger partial charge in [-0.15, -0.1) is 0 Å². The molecule has 0 aliphatic rings. The topological polar surface area (TPSA) is 70.9 Å². The predicted octanol–water partition coefficient (Wildman–Crippen LogP) is 2.30. The third kappa shape index (κ3) is 2.61. The van der Waals surface area contributed by atoms with Gasteiger partial charge in [-0.2, -0.15) is 5.10 Å². The third-order valence-corrected chi connectivity index (χ3v) is 3.36. The van der Waals surface area contributed by atoms with Crippen molar-refractivity contribution < 1.29 is 5.11 Å².